The molecule has 1 amide bonds. The zero-order chi connectivity index (χ0) is 18.4. The van der Waals surface area contributed by atoms with Gasteiger partial charge >= 0.3 is 0 Å². The Hall–Kier alpha value is -1.34. The summed E-state index contributed by atoms with van der Waals surface area (Å²) < 4.78 is 24.1. The topological polar surface area (TPSA) is 66.8 Å². The summed E-state index contributed by atoms with van der Waals surface area (Å²) >= 11 is 1.43. The zero-order valence-electron chi connectivity index (χ0n) is 15.0. The first-order valence-corrected chi connectivity index (χ1v) is 11.2. The van der Waals surface area contributed by atoms with Crippen molar-refractivity contribution in [1.29, 1.82) is 0 Å². The van der Waals surface area contributed by atoms with E-state index in [2.05, 4.69) is 4.99 Å². The second kappa shape index (κ2) is 6.76. The molecule has 2 atom stereocenters. The van der Waals surface area contributed by atoms with Crippen LogP contribution in [0, 0.1) is 19.8 Å². The predicted molar refractivity (Wildman–Crippen MR) is 104 cm³/mol. The summed E-state index contributed by atoms with van der Waals surface area (Å²) in [4.78, 5) is 18.5. The summed E-state index contributed by atoms with van der Waals surface area (Å²) in [5.74, 6) is 0.378. The summed E-state index contributed by atoms with van der Waals surface area (Å²) in [6.07, 6.45) is 0.401. The fourth-order valence-corrected chi connectivity index (χ4v) is 7.17. The van der Waals surface area contributed by atoms with E-state index in [0.717, 1.165) is 11.3 Å². The molecule has 0 radical (unpaired) electrons. The molecule has 5 nitrogen and oxygen atoms in total. The Morgan fingerprint density at radius 3 is 2.64 bits per heavy atom. The molecule has 3 rings (SSSR count). The molecule has 0 spiro atoms. The summed E-state index contributed by atoms with van der Waals surface area (Å²) in [5.41, 5.74) is 3.23. The molecule has 0 bridgehead atoms. The molecule has 25 heavy (non-hydrogen) atoms. The van der Waals surface area contributed by atoms with Gasteiger partial charge in [-0.25, -0.2) is 8.42 Å². The maximum Gasteiger partial charge on any atom is 0.248 e. The van der Waals surface area contributed by atoms with Gasteiger partial charge in [0.1, 0.15) is 0 Å². The number of thioether (sulfide) groups is 1. The first kappa shape index (κ1) is 18.5. The third-order valence-corrected chi connectivity index (χ3v) is 7.85. The number of aryl methyl sites for hydroxylation is 2. The van der Waals surface area contributed by atoms with E-state index in [-0.39, 0.29) is 34.6 Å². The fraction of sp³-hybridized carbons (Fsp3) is 0.556. The Morgan fingerprint density at radius 2 is 2.00 bits per heavy atom. The van der Waals surface area contributed by atoms with Gasteiger partial charge in [0.05, 0.1) is 17.5 Å². The van der Waals surface area contributed by atoms with E-state index in [9.17, 15) is 13.2 Å². The van der Waals surface area contributed by atoms with Crippen molar-refractivity contribution in [2.45, 2.75) is 45.4 Å². The number of fused-ring (bicyclic) bond motifs is 1. The van der Waals surface area contributed by atoms with Gasteiger partial charge in [0.15, 0.2) is 15.0 Å². The van der Waals surface area contributed by atoms with E-state index in [1.807, 2.05) is 50.8 Å². The highest BCUT2D eigenvalue weighted by Gasteiger charge is 2.49. The lowest BCUT2D eigenvalue weighted by atomic mass is 10.1. The standard InChI is InChI=1S/C18H24N2O3S2/c1-11(2)7-17(21)19-18-20(14-6-5-12(3)13(4)8-14)15-9-25(22,23)10-16(15)24-18/h5-6,8,11,15-16H,7,9-10H2,1-4H3/t15-,16-/m0/s1. The molecule has 2 aliphatic rings. The Balaban J connectivity index is 1.99. The first-order chi connectivity index (χ1) is 11.7. The summed E-state index contributed by atoms with van der Waals surface area (Å²) in [6, 6.07) is 5.91. The monoisotopic (exact) mass is 380 g/mol. The Kier molecular flexibility index (Phi) is 4.99. The molecule has 2 heterocycles. The molecule has 0 N–H and O–H groups in total. The van der Waals surface area contributed by atoms with Gasteiger partial charge in [0, 0.05) is 17.4 Å². The third kappa shape index (κ3) is 3.92. The van der Waals surface area contributed by atoms with Gasteiger partial charge < -0.3 is 4.90 Å². The van der Waals surface area contributed by atoms with E-state index in [1.54, 1.807) is 0 Å². The summed E-state index contributed by atoms with van der Waals surface area (Å²) in [5, 5.41) is 0.580. The number of anilines is 1. The minimum Gasteiger partial charge on any atom is -0.316 e. The SMILES string of the molecule is Cc1ccc(N2C(=NC(=O)CC(C)C)S[C@H]3CS(=O)(=O)C[C@@H]32)cc1C. The van der Waals surface area contributed by atoms with E-state index in [1.165, 1.54) is 17.3 Å². The van der Waals surface area contributed by atoms with Crippen LogP contribution in [0.25, 0.3) is 0 Å². The van der Waals surface area contributed by atoms with Crippen LogP contribution in [-0.2, 0) is 14.6 Å². The van der Waals surface area contributed by atoms with Crippen LogP contribution in [-0.4, -0.2) is 42.3 Å². The normalized spacial score (nSPS) is 26.4. The highest BCUT2D eigenvalue weighted by molar-refractivity contribution is 8.16. The predicted octanol–water partition coefficient (Wildman–Crippen LogP) is 2.95. The number of hydrogen-bond acceptors (Lipinski definition) is 4. The van der Waals surface area contributed by atoms with Crippen molar-refractivity contribution in [3.05, 3.63) is 29.3 Å². The molecule has 2 aliphatic heterocycles. The van der Waals surface area contributed by atoms with Crippen molar-refractivity contribution in [2.24, 2.45) is 10.9 Å². The number of nitrogens with zero attached hydrogens (tertiary/aromatic N) is 2. The van der Waals surface area contributed by atoms with E-state index in [0.29, 0.717) is 11.6 Å². The van der Waals surface area contributed by atoms with Crippen LogP contribution in [0.1, 0.15) is 31.4 Å². The molecule has 1 aromatic rings. The van der Waals surface area contributed by atoms with Gasteiger partial charge in [-0.2, -0.15) is 4.99 Å². The molecular weight excluding hydrogens is 356 g/mol. The minimum atomic E-state index is -3.04. The average Bonchev–Trinajstić information content (AvgIpc) is 2.92. The van der Waals surface area contributed by atoms with Crippen molar-refractivity contribution >= 4 is 38.4 Å². The van der Waals surface area contributed by atoms with Crippen LogP contribution in [0.3, 0.4) is 0 Å². The molecule has 0 saturated carbocycles. The molecule has 0 unspecified atom stereocenters. The second-order valence-electron chi connectivity index (χ2n) is 7.33. The van der Waals surface area contributed by atoms with Crippen molar-refractivity contribution in [1.82, 2.24) is 0 Å². The largest absolute Gasteiger partial charge is 0.316 e. The first-order valence-electron chi connectivity index (χ1n) is 8.51. The fourth-order valence-electron chi connectivity index (χ4n) is 3.24. The molecule has 2 fully saturated rings. The summed E-state index contributed by atoms with van der Waals surface area (Å²) in [6.45, 7) is 8.05. The second-order valence-corrected chi connectivity index (χ2v) is 10.7. The lowest BCUT2D eigenvalue weighted by Crippen LogP contribution is -2.37. The maximum absolute atomic E-state index is 12.2. The van der Waals surface area contributed by atoms with E-state index >= 15 is 0 Å². The molecular formula is C18H24N2O3S2. The van der Waals surface area contributed by atoms with Crippen LogP contribution in [0.15, 0.2) is 23.2 Å². The van der Waals surface area contributed by atoms with Crippen LogP contribution in [0.2, 0.25) is 0 Å². The van der Waals surface area contributed by atoms with Gasteiger partial charge in [0.25, 0.3) is 0 Å². The number of carbonyl (C=O) groups is 1. The van der Waals surface area contributed by atoms with Crippen molar-refractivity contribution in [3.63, 3.8) is 0 Å². The van der Waals surface area contributed by atoms with Gasteiger partial charge in [-0.05, 0) is 43.0 Å². The van der Waals surface area contributed by atoms with Gasteiger partial charge in [-0.15, -0.1) is 0 Å². The number of aliphatic imine (C=N–C) groups is 1. The highest BCUT2D eigenvalue weighted by Crippen LogP contribution is 2.41. The highest BCUT2D eigenvalue weighted by atomic mass is 32.2. The number of carbonyl (C=O) groups excluding carboxylic acids is 1. The van der Waals surface area contributed by atoms with E-state index in [4.69, 9.17) is 0 Å². The molecule has 2 saturated heterocycles. The Labute approximate surface area is 153 Å². The van der Waals surface area contributed by atoms with Crippen molar-refractivity contribution in [3.8, 4) is 0 Å². The van der Waals surface area contributed by atoms with Crippen LogP contribution in [0.4, 0.5) is 5.69 Å². The number of hydrogen-bond donors (Lipinski definition) is 0. The Bertz CT molecular complexity index is 831. The lowest BCUT2D eigenvalue weighted by Gasteiger charge is -2.25. The number of benzene rings is 1. The number of amidine groups is 1. The lowest BCUT2D eigenvalue weighted by molar-refractivity contribution is -0.118. The number of amides is 1. The minimum absolute atomic E-state index is 0.0581. The van der Waals surface area contributed by atoms with Gasteiger partial charge in [0.2, 0.25) is 5.91 Å². The zero-order valence-corrected chi connectivity index (χ0v) is 16.7. The maximum atomic E-state index is 12.2. The average molecular weight is 381 g/mol. The van der Waals surface area contributed by atoms with E-state index < -0.39 is 9.84 Å². The van der Waals surface area contributed by atoms with Gasteiger partial charge in [-0.3, -0.25) is 4.79 Å². The van der Waals surface area contributed by atoms with Crippen LogP contribution >= 0.6 is 11.8 Å². The molecule has 0 aliphatic carbocycles. The molecule has 7 heteroatoms. The molecule has 0 aromatic heterocycles. The molecule has 1 aromatic carbocycles. The third-order valence-electron chi connectivity index (χ3n) is 4.64. The smallest absolute Gasteiger partial charge is 0.248 e. The van der Waals surface area contributed by atoms with Crippen LogP contribution < -0.4 is 4.90 Å². The number of rotatable bonds is 3. The van der Waals surface area contributed by atoms with Gasteiger partial charge in [-0.1, -0.05) is 31.7 Å². The number of sulfone groups is 1. The van der Waals surface area contributed by atoms with Crippen molar-refractivity contribution in [2.75, 3.05) is 16.4 Å². The van der Waals surface area contributed by atoms with Crippen LogP contribution in [0.5, 0.6) is 0 Å². The Morgan fingerprint density at radius 1 is 1.28 bits per heavy atom. The molecule has 136 valence electrons. The quantitative estimate of drug-likeness (QED) is 0.806. The van der Waals surface area contributed by atoms with Crippen molar-refractivity contribution < 1.29 is 13.2 Å². The summed E-state index contributed by atoms with van der Waals surface area (Å²) in [7, 11) is -3.04.